The Morgan fingerprint density at radius 2 is 0.938 bits per heavy atom. The Bertz CT molecular complexity index is 897. The van der Waals surface area contributed by atoms with Crippen molar-refractivity contribution in [2.24, 2.45) is 11.8 Å². The van der Waals surface area contributed by atoms with Crippen molar-refractivity contribution in [2.75, 3.05) is 0 Å². The standard InChI is InChI=1S/C30H42O2/c1-7-17(3)25-13-23(14-26(29(25)31)18(4)8-2)24-15-27(19(5)21-9-10-21)30(32)28(16-24)20(6)22-11-12-22/h13-22,31-32H,7-12H2,1-6H3. The number of phenolic OH excluding ortho intramolecular Hbond substituents is 2. The molecule has 2 N–H and O–H groups in total. The summed E-state index contributed by atoms with van der Waals surface area (Å²) in [6, 6.07) is 8.90. The van der Waals surface area contributed by atoms with E-state index < -0.39 is 0 Å². The van der Waals surface area contributed by atoms with Gasteiger partial charge >= 0.3 is 0 Å². The van der Waals surface area contributed by atoms with Crippen molar-refractivity contribution in [3.05, 3.63) is 46.5 Å². The van der Waals surface area contributed by atoms with Crippen molar-refractivity contribution >= 4 is 0 Å². The molecule has 2 aliphatic carbocycles. The van der Waals surface area contributed by atoms with E-state index in [0.29, 0.717) is 47.0 Å². The number of hydrogen-bond donors (Lipinski definition) is 2. The maximum atomic E-state index is 11.3. The van der Waals surface area contributed by atoms with E-state index >= 15 is 0 Å². The highest BCUT2D eigenvalue weighted by molar-refractivity contribution is 5.72. The maximum absolute atomic E-state index is 11.3. The molecule has 32 heavy (non-hydrogen) atoms. The minimum Gasteiger partial charge on any atom is -0.507 e. The largest absolute Gasteiger partial charge is 0.507 e. The van der Waals surface area contributed by atoms with Gasteiger partial charge < -0.3 is 10.2 Å². The van der Waals surface area contributed by atoms with Gasteiger partial charge in [0.15, 0.2) is 0 Å². The molecule has 0 heterocycles. The second-order valence-electron chi connectivity index (χ2n) is 10.9. The first kappa shape index (κ1) is 23.2. The van der Waals surface area contributed by atoms with Gasteiger partial charge in [-0.2, -0.15) is 0 Å². The second kappa shape index (κ2) is 9.12. The van der Waals surface area contributed by atoms with E-state index in [1.807, 2.05) is 0 Å². The first-order valence-corrected chi connectivity index (χ1v) is 13.0. The lowest BCUT2D eigenvalue weighted by Gasteiger charge is -2.23. The second-order valence-corrected chi connectivity index (χ2v) is 10.9. The summed E-state index contributed by atoms with van der Waals surface area (Å²) in [7, 11) is 0. The highest BCUT2D eigenvalue weighted by Crippen LogP contribution is 2.51. The summed E-state index contributed by atoms with van der Waals surface area (Å²) in [4.78, 5) is 0. The third-order valence-corrected chi connectivity index (χ3v) is 8.60. The van der Waals surface area contributed by atoms with E-state index in [-0.39, 0.29) is 0 Å². The minimum atomic E-state index is 0.310. The molecule has 2 saturated carbocycles. The van der Waals surface area contributed by atoms with Gasteiger partial charge in [0.2, 0.25) is 0 Å². The molecule has 0 radical (unpaired) electrons. The number of benzene rings is 2. The SMILES string of the molecule is CCC(C)c1cc(-c2cc(C(C)C3CC3)c(O)c(C(C)C3CC3)c2)cc(C(C)CC)c1O. The fraction of sp³-hybridized carbons (Fsp3) is 0.600. The van der Waals surface area contributed by atoms with Crippen molar-refractivity contribution in [1.29, 1.82) is 0 Å². The van der Waals surface area contributed by atoms with Gasteiger partial charge in [-0.3, -0.25) is 0 Å². The van der Waals surface area contributed by atoms with Crippen LogP contribution in [-0.2, 0) is 0 Å². The molecule has 0 bridgehead atoms. The average molecular weight is 435 g/mol. The number of rotatable bonds is 9. The first-order valence-electron chi connectivity index (χ1n) is 13.0. The predicted octanol–water partition coefficient (Wildman–Crippen LogP) is 8.82. The molecule has 0 aliphatic heterocycles. The van der Waals surface area contributed by atoms with Crippen molar-refractivity contribution < 1.29 is 10.2 Å². The van der Waals surface area contributed by atoms with Gasteiger partial charge in [0.05, 0.1) is 0 Å². The molecule has 0 spiro atoms. The molecule has 174 valence electrons. The Balaban J connectivity index is 1.89. The van der Waals surface area contributed by atoms with Gasteiger partial charge in [-0.25, -0.2) is 0 Å². The summed E-state index contributed by atoms with van der Waals surface area (Å²) in [5.74, 6) is 3.82. The molecule has 0 aromatic heterocycles. The molecule has 4 unspecified atom stereocenters. The average Bonchev–Trinajstić information content (AvgIpc) is 3.70. The monoisotopic (exact) mass is 434 g/mol. The van der Waals surface area contributed by atoms with Crippen molar-refractivity contribution in [3.8, 4) is 22.6 Å². The molecular formula is C30H42O2. The molecule has 2 aromatic carbocycles. The van der Waals surface area contributed by atoms with Crippen molar-refractivity contribution in [2.45, 2.75) is 104 Å². The van der Waals surface area contributed by atoms with Crippen LogP contribution in [0.4, 0.5) is 0 Å². The Kier molecular flexibility index (Phi) is 6.61. The first-order chi connectivity index (χ1) is 15.3. The van der Waals surface area contributed by atoms with Crippen LogP contribution in [0.3, 0.4) is 0 Å². The van der Waals surface area contributed by atoms with Gasteiger partial charge in [0.1, 0.15) is 11.5 Å². The molecule has 0 amide bonds. The lowest BCUT2D eigenvalue weighted by molar-refractivity contribution is 0.443. The molecule has 2 nitrogen and oxygen atoms in total. The molecule has 2 aliphatic rings. The molecule has 2 heteroatoms. The van der Waals surface area contributed by atoms with Crippen LogP contribution in [0.5, 0.6) is 11.5 Å². The zero-order chi connectivity index (χ0) is 23.2. The number of hydrogen-bond acceptors (Lipinski definition) is 2. The maximum Gasteiger partial charge on any atom is 0.122 e. The summed E-state index contributed by atoms with van der Waals surface area (Å²) >= 11 is 0. The fourth-order valence-corrected chi connectivity index (χ4v) is 5.28. The van der Waals surface area contributed by atoms with Gasteiger partial charge in [-0.1, -0.05) is 41.5 Å². The Labute approximate surface area is 195 Å². The Hall–Kier alpha value is -1.96. The highest BCUT2D eigenvalue weighted by Gasteiger charge is 2.35. The van der Waals surface area contributed by atoms with Crippen LogP contribution in [0.1, 0.15) is 126 Å². The molecule has 2 aromatic rings. The molecule has 4 atom stereocenters. The van der Waals surface area contributed by atoms with Crippen molar-refractivity contribution in [3.63, 3.8) is 0 Å². The number of phenols is 2. The predicted molar refractivity (Wildman–Crippen MR) is 135 cm³/mol. The van der Waals surface area contributed by atoms with Crippen LogP contribution in [0.2, 0.25) is 0 Å². The fourth-order valence-electron chi connectivity index (χ4n) is 5.28. The van der Waals surface area contributed by atoms with E-state index in [1.54, 1.807) is 0 Å². The summed E-state index contributed by atoms with van der Waals surface area (Å²) in [5, 5.41) is 22.4. The van der Waals surface area contributed by atoms with Crippen LogP contribution in [0, 0.1) is 11.8 Å². The topological polar surface area (TPSA) is 40.5 Å². The third-order valence-electron chi connectivity index (χ3n) is 8.60. The number of aromatic hydroxyl groups is 2. The molecular weight excluding hydrogens is 392 g/mol. The van der Waals surface area contributed by atoms with E-state index in [9.17, 15) is 10.2 Å². The van der Waals surface area contributed by atoms with Crippen molar-refractivity contribution in [1.82, 2.24) is 0 Å². The Morgan fingerprint density at radius 3 is 1.25 bits per heavy atom. The quantitative estimate of drug-likeness (QED) is 0.414. The molecule has 2 fully saturated rings. The summed E-state index contributed by atoms with van der Waals surface area (Å²) in [5.41, 5.74) is 6.74. The normalized spacial score (nSPS) is 20.1. The minimum absolute atomic E-state index is 0.310. The van der Waals surface area contributed by atoms with Gasteiger partial charge in [0.25, 0.3) is 0 Å². The summed E-state index contributed by atoms with van der Waals surface area (Å²) in [6.07, 6.45) is 7.09. The Morgan fingerprint density at radius 1 is 0.625 bits per heavy atom. The molecule has 4 rings (SSSR count). The van der Waals surface area contributed by atoms with E-state index in [1.165, 1.54) is 36.8 Å². The molecule has 0 saturated heterocycles. The van der Waals surface area contributed by atoms with Crippen LogP contribution in [-0.4, -0.2) is 10.2 Å². The van der Waals surface area contributed by atoms with E-state index in [2.05, 4.69) is 65.8 Å². The third kappa shape index (κ3) is 4.43. The smallest absolute Gasteiger partial charge is 0.122 e. The van der Waals surface area contributed by atoms with Gasteiger partial charge in [0, 0.05) is 0 Å². The van der Waals surface area contributed by atoms with Crippen LogP contribution in [0.15, 0.2) is 24.3 Å². The van der Waals surface area contributed by atoms with Gasteiger partial charge in [-0.05, 0) is 132 Å². The summed E-state index contributed by atoms with van der Waals surface area (Å²) < 4.78 is 0. The van der Waals surface area contributed by atoms with Gasteiger partial charge in [-0.15, -0.1) is 0 Å². The van der Waals surface area contributed by atoms with Crippen LogP contribution >= 0.6 is 0 Å². The van der Waals surface area contributed by atoms with E-state index in [0.717, 1.165) is 35.1 Å². The lowest BCUT2D eigenvalue weighted by Crippen LogP contribution is -2.04. The lowest BCUT2D eigenvalue weighted by atomic mass is 9.83. The zero-order valence-electron chi connectivity index (χ0n) is 20.9. The zero-order valence-corrected chi connectivity index (χ0v) is 20.9. The van der Waals surface area contributed by atoms with E-state index in [4.69, 9.17) is 0 Å². The highest BCUT2D eigenvalue weighted by atomic mass is 16.3. The van der Waals surface area contributed by atoms with Crippen LogP contribution < -0.4 is 0 Å². The summed E-state index contributed by atoms with van der Waals surface area (Å²) in [6.45, 7) is 13.4. The van der Waals surface area contributed by atoms with Crippen LogP contribution in [0.25, 0.3) is 11.1 Å².